The fourth-order valence-corrected chi connectivity index (χ4v) is 4.72. The maximum absolute atomic E-state index is 6.23. The highest BCUT2D eigenvalue weighted by Gasteiger charge is 2.38. The highest BCUT2D eigenvalue weighted by molar-refractivity contribution is 7.13. The number of hydrogen-bond donors (Lipinski definition) is 1. The Labute approximate surface area is 155 Å². The Kier molecular flexibility index (Phi) is 3.28. The number of thiazole rings is 1. The number of aromatic nitrogens is 2. The van der Waals surface area contributed by atoms with E-state index in [0.29, 0.717) is 18.2 Å². The van der Waals surface area contributed by atoms with Crippen LogP contribution in [0.15, 0.2) is 28.1 Å². The van der Waals surface area contributed by atoms with Gasteiger partial charge in [0.2, 0.25) is 0 Å². The second kappa shape index (κ2) is 5.69. The van der Waals surface area contributed by atoms with Crippen molar-refractivity contribution < 1.29 is 9.15 Å². The Hall–Kier alpha value is -2.12. The van der Waals surface area contributed by atoms with Crippen molar-refractivity contribution in [3.8, 4) is 16.3 Å². The normalized spacial score (nSPS) is 25.2. The molecule has 7 heteroatoms. The Morgan fingerprint density at radius 3 is 2.77 bits per heavy atom. The highest BCUT2D eigenvalue weighted by atomic mass is 32.1. The van der Waals surface area contributed by atoms with Gasteiger partial charge in [-0.1, -0.05) is 0 Å². The zero-order valence-corrected chi connectivity index (χ0v) is 15.2. The van der Waals surface area contributed by atoms with Gasteiger partial charge >= 0.3 is 0 Å². The van der Waals surface area contributed by atoms with Crippen LogP contribution in [0.2, 0.25) is 0 Å². The zero-order chi connectivity index (χ0) is 17.1. The molecule has 7 rings (SSSR count). The number of fused-ring (bicyclic) bond motifs is 3. The third-order valence-corrected chi connectivity index (χ3v) is 6.47. The molecule has 0 radical (unpaired) electrons. The van der Waals surface area contributed by atoms with Gasteiger partial charge in [-0.15, -0.1) is 11.3 Å². The van der Waals surface area contributed by atoms with Gasteiger partial charge in [0.1, 0.15) is 16.3 Å². The average Bonchev–Trinajstić information content (AvgIpc) is 3.26. The molecule has 5 heterocycles. The van der Waals surface area contributed by atoms with E-state index in [0.717, 1.165) is 59.4 Å². The molecule has 2 unspecified atom stereocenters. The summed E-state index contributed by atoms with van der Waals surface area (Å²) in [5, 5.41) is 6.48. The molecule has 3 saturated heterocycles. The average molecular weight is 368 g/mol. The maximum atomic E-state index is 6.23. The van der Waals surface area contributed by atoms with Crippen LogP contribution in [0.5, 0.6) is 5.75 Å². The Morgan fingerprint density at radius 1 is 1.23 bits per heavy atom. The fraction of sp³-hybridized carbons (Fsp3) is 0.474. The Bertz CT molecular complexity index is 934. The zero-order valence-electron chi connectivity index (χ0n) is 14.4. The van der Waals surface area contributed by atoms with Gasteiger partial charge in [-0.05, 0) is 31.7 Å². The minimum atomic E-state index is 0.336. The van der Waals surface area contributed by atoms with Crippen LogP contribution in [0.3, 0.4) is 0 Å². The molecular formula is C19H20N4O2S. The molecule has 2 aromatic heterocycles. The van der Waals surface area contributed by atoms with E-state index >= 15 is 0 Å². The lowest BCUT2D eigenvalue weighted by molar-refractivity contribution is 0.120. The van der Waals surface area contributed by atoms with Crippen LogP contribution in [0.4, 0.5) is 6.01 Å². The van der Waals surface area contributed by atoms with E-state index in [4.69, 9.17) is 14.1 Å². The third kappa shape index (κ3) is 2.41. The fourth-order valence-electron chi connectivity index (χ4n) is 4.06. The highest BCUT2D eigenvalue weighted by Crippen LogP contribution is 2.38. The second-order valence-corrected chi connectivity index (χ2v) is 8.42. The molecule has 6 nitrogen and oxygen atoms in total. The summed E-state index contributed by atoms with van der Waals surface area (Å²) in [6.45, 7) is 1.92. The summed E-state index contributed by atoms with van der Waals surface area (Å²) in [7, 11) is 0. The van der Waals surface area contributed by atoms with Gasteiger partial charge in [0.15, 0.2) is 5.58 Å². The molecule has 4 fully saturated rings. The number of ether oxygens (including phenoxy) is 1. The lowest BCUT2D eigenvalue weighted by Gasteiger charge is -2.47. The molecule has 0 spiro atoms. The van der Waals surface area contributed by atoms with Crippen molar-refractivity contribution in [1.29, 1.82) is 0 Å². The van der Waals surface area contributed by atoms with Crippen LogP contribution in [0, 0.1) is 0 Å². The molecule has 2 atom stereocenters. The van der Waals surface area contributed by atoms with E-state index in [1.807, 2.05) is 17.6 Å². The number of oxazole rings is 1. The topological polar surface area (TPSA) is 63.4 Å². The van der Waals surface area contributed by atoms with E-state index in [1.165, 1.54) is 12.8 Å². The number of nitrogens with one attached hydrogen (secondary N) is 1. The summed E-state index contributed by atoms with van der Waals surface area (Å²) >= 11 is 1.61. The number of piperazine rings is 1. The van der Waals surface area contributed by atoms with Gasteiger partial charge in [-0.3, -0.25) is 0 Å². The number of anilines is 1. The van der Waals surface area contributed by atoms with Gasteiger partial charge in [0, 0.05) is 42.8 Å². The number of nitrogens with zero attached hydrogens (tertiary/aromatic N) is 3. The summed E-state index contributed by atoms with van der Waals surface area (Å²) in [6, 6.07) is 5.93. The smallest absolute Gasteiger partial charge is 0.298 e. The van der Waals surface area contributed by atoms with Gasteiger partial charge in [-0.25, -0.2) is 4.98 Å². The molecule has 1 N–H and O–H groups in total. The van der Waals surface area contributed by atoms with Crippen molar-refractivity contribution in [3.63, 3.8) is 0 Å². The van der Waals surface area contributed by atoms with E-state index in [2.05, 4.69) is 21.3 Å². The third-order valence-electron chi connectivity index (χ3n) is 5.66. The Balaban J connectivity index is 1.42. The first-order valence-corrected chi connectivity index (χ1v) is 10.2. The molecule has 1 aromatic carbocycles. The van der Waals surface area contributed by atoms with Gasteiger partial charge in [-0.2, -0.15) is 4.98 Å². The second-order valence-electron chi connectivity index (χ2n) is 7.52. The standard InChI is InChI=1S/C19H20N4O2S/c1-2-13(3-1)24-14-7-15(18-20-4-5-26-18)17-16(8-14)22-19(25-17)23-9-11-6-12(10-23)21-11/h4-5,7-8,11-13,21H,1-3,6,9-10H2. The number of rotatable bonds is 4. The largest absolute Gasteiger partial charge is 0.490 e. The van der Waals surface area contributed by atoms with Gasteiger partial charge in [0.25, 0.3) is 6.01 Å². The molecule has 26 heavy (non-hydrogen) atoms. The minimum Gasteiger partial charge on any atom is -0.490 e. The van der Waals surface area contributed by atoms with Crippen molar-refractivity contribution in [1.82, 2.24) is 15.3 Å². The summed E-state index contributed by atoms with van der Waals surface area (Å²) in [4.78, 5) is 11.5. The molecule has 4 aliphatic rings. The lowest BCUT2D eigenvalue weighted by Crippen LogP contribution is -2.67. The van der Waals surface area contributed by atoms with Crippen molar-refractivity contribution in [2.24, 2.45) is 0 Å². The molecule has 1 aliphatic carbocycles. The first kappa shape index (κ1) is 15.0. The summed E-state index contributed by atoms with van der Waals surface area (Å²) in [6.07, 6.45) is 6.96. The van der Waals surface area contributed by atoms with E-state index in [-0.39, 0.29) is 0 Å². The minimum absolute atomic E-state index is 0.336. The van der Waals surface area contributed by atoms with Gasteiger partial charge in [0.05, 0.1) is 11.7 Å². The van der Waals surface area contributed by atoms with Crippen molar-refractivity contribution >= 4 is 28.5 Å². The lowest BCUT2D eigenvalue weighted by atomic mass is 9.92. The number of benzene rings is 1. The SMILES string of the molecule is c1csc(-c2cc(OC3CCC3)cc3nc(N4CC5CC(C4)N5)oc23)n1. The van der Waals surface area contributed by atoms with Crippen LogP contribution in [-0.2, 0) is 0 Å². The van der Waals surface area contributed by atoms with Crippen LogP contribution < -0.4 is 15.0 Å². The number of hydrogen-bond acceptors (Lipinski definition) is 7. The monoisotopic (exact) mass is 368 g/mol. The predicted molar refractivity (Wildman–Crippen MR) is 101 cm³/mol. The Morgan fingerprint density at radius 2 is 2.08 bits per heavy atom. The molecule has 3 aromatic rings. The van der Waals surface area contributed by atoms with Crippen LogP contribution in [0.1, 0.15) is 25.7 Å². The van der Waals surface area contributed by atoms with Crippen LogP contribution in [0.25, 0.3) is 21.7 Å². The van der Waals surface area contributed by atoms with E-state index in [9.17, 15) is 0 Å². The van der Waals surface area contributed by atoms with Crippen LogP contribution >= 0.6 is 11.3 Å². The first-order valence-electron chi connectivity index (χ1n) is 9.34. The first-order chi connectivity index (χ1) is 12.8. The summed E-state index contributed by atoms with van der Waals surface area (Å²) in [5.74, 6) is 0.871. The molecule has 134 valence electrons. The molecule has 2 bridgehead atoms. The molecule has 3 aliphatic heterocycles. The van der Waals surface area contributed by atoms with Crippen molar-refractivity contribution in [3.05, 3.63) is 23.7 Å². The molecule has 1 saturated carbocycles. The summed E-state index contributed by atoms with van der Waals surface area (Å²) < 4.78 is 12.4. The van der Waals surface area contributed by atoms with Crippen molar-refractivity contribution in [2.45, 2.75) is 43.9 Å². The quantitative estimate of drug-likeness (QED) is 0.761. The summed E-state index contributed by atoms with van der Waals surface area (Å²) in [5.41, 5.74) is 2.64. The van der Waals surface area contributed by atoms with E-state index < -0.39 is 0 Å². The van der Waals surface area contributed by atoms with Crippen molar-refractivity contribution in [2.75, 3.05) is 18.0 Å². The molecule has 0 amide bonds. The predicted octanol–water partition coefficient (Wildman–Crippen LogP) is 3.43. The number of piperidine rings is 1. The van der Waals surface area contributed by atoms with Crippen LogP contribution in [-0.4, -0.2) is 41.2 Å². The maximum Gasteiger partial charge on any atom is 0.298 e. The van der Waals surface area contributed by atoms with Gasteiger partial charge < -0.3 is 19.4 Å². The van der Waals surface area contributed by atoms with E-state index in [1.54, 1.807) is 11.3 Å². The molecular weight excluding hydrogens is 348 g/mol.